The third kappa shape index (κ3) is 3.53. The van der Waals surface area contributed by atoms with Crippen LogP contribution in [0.2, 0.25) is 0 Å². The van der Waals surface area contributed by atoms with Crippen molar-refractivity contribution in [3.8, 4) is 0 Å². The molecule has 3 N–H and O–H groups in total. The maximum Gasteiger partial charge on any atom is 0.240 e. The maximum atomic E-state index is 12.3. The topological polar surface area (TPSA) is 64.4 Å². The summed E-state index contributed by atoms with van der Waals surface area (Å²) in [5.41, 5.74) is 6.48. The second-order valence-electron chi connectivity index (χ2n) is 5.24. The van der Waals surface area contributed by atoms with E-state index in [4.69, 9.17) is 10.5 Å². The van der Waals surface area contributed by atoms with Crippen molar-refractivity contribution in [3.63, 3.8) is 0 Å². The fraction of sp³-hybridized carbons (Fsp3) is 0.533. The average molecular weight is 294 g/mol. The van der Waals surface area contributed by atoms with Gasteiger partial charge in [0.2, 0.25) is 5.91 Å². The van der Waals surface area contributed by atoms with E-state index < -0.39 is 5.54 Å². The van der Waals surface area contributed by atoms with Gasteiger partial charge in [-0.25, -0.2) is 0 Å². The summed E-state index contributed by atoms with van der Waals surface area (Å²) in [6.45, 7) is 3.09. The highest BCUT2D eigenvalue weighted by molar-refractivity contribution is 7.98. The Morgan fingerprint density at radius 3 is 2.50 bits per heavy atom. The molecule has 2 rings (SSSR count). The van der Waals surface area contributed by atoms with E-state index in [1.807, 2.05) is 25.3 Å². The number of hydrogen-bond donors (Lipinski definition) is 2. The number of amides is 1. The number of ether oxygens (including phenoxy) is 1. The third-order valence-electron chi connectivity index (χ3n) is 3.80. The third-order valence-corrected chi connectivity index (χ3v) is 4.54. The number of rotatable bonds is 4. The van der Waals surface area contributed by atoms with Crippen molar-refractivity contribution in [2.75, 3.05) is 19.5 Å². The van der Waals surface area contributed by atoms with E-state index in [1.54, 1.807) is 11.8 Å². The van der Waals surface area contributed by atoms with E-state index in [9.17, 15) is 4.79 Å². The first-order chi connectivity index (χ1) is 9.55. The highest BCUT2D eigenvalue weighted by atomic mass is 32.2. The predicted molar refractivity (Wildman–Crippen MR) is 81.8 cm³/mol. The molecule has 0 radical (unpaired) electrons. The lowest BCUT2D eigenvalue weighted by Crippen LogP contribution is -2.57. The lowest BCUT2D eigenvalue weighted by molar-refractivity contribution is -0.130. The van der Waals surface area contributed by atoms with Crippen molar-refractivity contribution in [2.45, 2.75) is 36.2 Å². The molecule has 1 atom stereocenters. The summed E-state index contributed by atoms with van der Waals surface area (Å²) in [6, 6.07) is 8.18. The van der Waals surface area contributed by atoms with Gasteiger partial charge in [0, 0.05) is 18.1 Å². The number of nitrogens with two attached hydrogens (primary N) is 1. The number of nitrogens with one attached hydrogen (secondary N) is 1. The molecule has 0 spiro atoms. The molecule has 0 aromatic heterocycles. The van der Waals surface area contributed by atoms with Gasteiger partial charge in [0.05, 0.1) is 11.6 Å². The monoisotopic (exact) mass is 294 g/mol. The number of benzene rings is 1. The summed E-state index contributed by atoms with van der Waals surface area (Å²) in [7, 11) is 0. The minimum atomic E-state index is -0.786. The van der Waals surface area contributed by atoms with Gasteiger partial charge in [-0.05, 0) is 43.7 Å². The first kappa shape index (κ1) is 15.4. The molecule has 1 aliphatic rings. The highest BCUT2D eigenvalue weighted by Crippen LogP contribution is 2.22. The summed E-state index contributed by atoms with van der Waals surface area (Å²) < 4.78 is 5.27. The van der Waals surface area contributed by atoms with Crippen LogP contribution in [0.15, 0.2) is 29.2 Å². The van der Waals surface area contributed by atoms with Crippen molar-refractivity contribution in [2.24, 2.45) is 5.73 Å². The van der Waals surface area contributed by atoms with Gasteiger partial charge < -0.3 is 15.8 Å². The van der Waals surface area contributed by atoms with E-state index in [0.29, 0.717) is 26.1 Å². The largest absolute Gasteiger partial charge is 0.381 e. The first-order valence-corrected chi connectivity index (χ1v) is 8.09. The lowest BCUT2D eigenvalue weighted by Gasteiger charge is -2.33. The van der Waals surface area contributed by atoms with Crippen LogP contribution in [-0.2, 0) is 9.53 Å². The van der Waals surface area contributed by atoms with Crippen molar-refractivity contribution in [1.29, 1.82) is 0 Å². The van der Waals surface area contributed by atoms with Crippen LogP contribution < -0.4 is 11.1 Å². The van der Waals surface area contributed by atoms with Gasteiger partial charge in [-0.1, -0.05) is 12.1 Å². The fourth-order valence-electron chi connectivity index (χ4n) is 2.28. The van der Waals surface area contributed by atoms with Gasteiger partial charge in [0.1, 0.15) is 0 Å². The van der Waals surface area contributed by atoms with Crippen LogP contribution in [-0.4, -0.2) is 30.9 Å². The highest BCUT2D eigenvalue weighted by Gasteiger charge is 2.36. The molecule has 1 aromatic rings. The summed E-state index contributed by atoms with van der Waals surface area (Å²) in [5, 5.41) is 3.02. The standard InChI is InChI=1S/C15H22N2O2S/c1-11(12-3-5-13(20-2)6-4-12)17-14(18)15(16)7-9-19-10-8-15/h3-6,11H,7-10,16H2,1-2H3,(H,17,18). The average Bonchev–Trinajstić information content (AvgIpc) is 2.48. The van der Waals surface area contributed by atoms with Crippen LogP contribution in [0.5, 0.6) is 0 Å². The second kappa shape index (κ2) is 6.61. The van der Waals surface area contributed by atoms with Gasteiger partial charge in [-0.15, -0.1) is 11.8 Å². The molecule has 1 heterocycles. The van der Waals surface area contributed by atoms with Crippen LogP contribution in [0.1, 0.15) is 31.4 Å². The summed E-state index contributed by atoms with van der Waals surface area (Å²) in [5.74, 6) is -0.0813. The van der Waals surface area contributed by atoms with Crippen molar-refractivity contribution < 1.29 is 9.53 Å². The van der Waals surface area contributed by atoms with Gasteiger partial charge in [-0.3, -0.25) is 4.79 Å². The normalized spacial score (nSPS) is 19.4. The van der Waals surface area contributed by atoms with E-state index in [-0.39, 0.29) is 11.9 Å². The number of carbonyl (C=O) groups is 1. The van der Waals surface area contributed by atoms with Crippen LogP contribution >= 0.6 is 11.8 Å². The molecular weight excluding hydrogens is 272 g/mol. The Morgan fingerprint density at radius 1 is 1.35 bits per heavy atom. The Balaban J connectivity index is 1.99. The number of hydrogen-bond acceptors (Lipinski definition) is 4. The summed E-state index contributed by atoms with van der Waals surface area (Å²) >= 11 is 1.70. The molecule has 1 unspecified atom stereocenters. The molecular formula is C15H22N2O2S. The molecule has 0 bridgehead atoms. The Hall–Kier alpha value is -1.04. The molecule has 1 aliphatic heterocycles. The Labute approximate surface area is 124 Å². The second-order valence-corrected chi connectivity index (χ2v) is 6.12. The smallest absolute Gasteiger partial charge is 0.240 e. The van der Waals surface area contributed by atoms with Crippen molar-refractivity contribution >= 4 is 17.7 Å². The van der Waals surface area contributed by atoms with E-state index in [0.717, 1.165) is 5.56 Å². The van der Waals surface area contributed by atoms with Crippen LogP contribution in [0, 0.1) is 0 Å². The molecule has 0 aliphatic carbocycles. The Morgan fingerprint density at radius 2 is 1.95 bits per heavy atom. The minimum absolute atomic E-state index is 0.0401. The molecule has 4 nitrogen and oxygen atoms in total. The predicted octanol–water partition coefficient (Wildman–Crippen LogP) is 2.09. The van der Waals surface area contributed by atoms with Crippen LogP contribution in [0.25, 0.3) is 0 Å². The quantitative estimate of drug-likeness (QED) is 0.835. The minimum Gasteiger partial charge on any atom is -0.381 e. The first-order valence-electron chi connectivity index (χ1n) is 6.87. The summed E-state index contributed by atoms with van der Waals surface area (Å²) in [4.78, 5) is 13.5. The molecule has 20 heavy (non-hydrogen) atoms. The number of carbonyl (C=O) groups excluding carboxylic acids is 1. The van der Waals surface area contributed by atoms with E-state index in [1.165, 1.54) is 4.90 Å². The molecule has 1 saturated heterocycles. The van der Waals surface area contributed by atoms with Gasteiger partial charge >= 0.3 is 0 Å². The SMILES string of the molecule is CSc1ccc(C(C)NC(=O)C2(N)CCOCC2)cc1. The Bertz CT molecular complexity index is 455. The Kier molecular flexibility index (Phi) is 5.07. The fourth-order valence-corrected chi connectivity index (χ4v) is 2.69. The van der Waals surface area contributed by atoms with Crippen molar-refractivity contribution in [3.05, 3.63) is 29.8 Å². The molecule has 0 saturated carbocycles. The molecule has 1 amide bonds. The zero-order chi connectivity index (χ0) is 14.6. The van der Waals surface area contributed by atoms with Crippen LogP contribution in [0.3, 0.4) is 0 Å². The molecule has 1 aromatic carbocycles. The molecule has 5 heteroatoms. The van der Waals surface area contributed by atoms with Crippen molar-refractivity contribution in [1.82, 2.24) is 5.32 Å². The van der Waals surface area contributed by atoms with Gasteiger partial charge in [0.25, 0.3) is 0 Å². The summed E-state index contributed by atoms with van der Waals surface area (Å²) in [6.07, 6.45) is 3.21. The zero-order valence-corrected chi connectivity index (χ0v) is 12.8. The van der Waals surface area contributed by atoms with E-state index >= 15 is 0 Å². The van der Waals surface area contributed by atoms with E-state index in [2.05, 4.69) is 17.4 Å². The molecule has 1 fully saturated rings. The lowest BCUT2D eigenvalue weighted by atomic mass is 9.90. The maximum absolute atomic E-state index is 12.3. The van der Waals surface area contributed by atoms with Gasteiger partial charge in [-0.2, -0.15) is 0 Å². The molecule has 110 valence electrons. The van der Waals surface area contributed by atoms with Gasteiger partial charge in [0.15, 0.2) is 0 Å². The van der Waals surface area contributed by atoms with Crippen LogP contribution in [0.4, 0.5) is 0 Å². The zero-order valence-electron chi connectivity index (χ0n) is 12.0. The number of thioether (sulfide) groups is 1.